The fraction of sp³-hybridized carbons (Fsp3) is 0.114. The van der Waals surface area contributed by atoms with Crippen molar-refractivity contribution in [3.63, 3.8) is 0 Å². The van der Waals surface area contributed by atoms with Crippen molar-refractivity contribution >= 4 is 75.6 Å². The van der Waals surface area contributed by atoms with E-state index in [-0.39, 0.29) is 28.2 Å². The van der Waals surface area contributed by atoms with Crippen LogP contribution in [-0.2, 0) is 19.3 Å². The van der Waals surface area contributed by atoms with Gasteiger partial charge in [0.05, 0.1) is 21.4 Å². The zero-order chi connectivity index (χ0) is 43.0. The number of carbonyl (C=O) groups is 5. The number of fused-ring (bicyclic) bond motifs is 2. The molecule has 0 bridgehead atoms. The van der Waals surface area contributed by atoms with Gasteiger partial charge in [0.1, 0.15) is 34.4 Å². The smallest absolute Gasteiger partial charge is 0.323 e. The Hall–Kier alpha value is -7.49. The van der Waals surface area contributed by atoms with Gasteiger partial charge in [-0.05, 0) is 109 Å². The number of nitrogens with zero attached hydrogens (tertiary/aromatic N) is 2. The molecule has 0 unspecified atom stereocenters. The van der Waals surface area contributed by atoms with Gasteiger partial charge in [-0.15, -0.1) is 0 Å². The zero-order valence-electron chi connectivity index (χ0n) is 32.1. The van der Waals surface area contributed by atoms with Gasteiger partial charge in [-0.1, -0.05) is 29.3 Å². The van der Waals surface area contributed by atoms with Crippen LogP contribution in [-0.4, -0.2) is 39.6 Å². The summed E-state index contributed by atoms with van der Waals surface area (Å²) in [7, 11) is 0. The van der Waals surface area contributed by atoms with Crippen molar-refractivity contribution in [2.24, 2.45) is 11.5 Å². The average Bonchev–Trinajstić information content (AvgIpc) is 3.86. The highest BCUT2D eigenvalue weighted by Gasteiger charge is 2.20. The highest BCUT2D eigenvalue weighted by atomic mass is 35.5. The van der Waals surface area contributed by atoms with Crippen LogP contribution in [0.25, 0.3) is 0 Å². The number of hydrogen-bond acceptors (Lipinski definition) is 9. The van der Waals surface area contributed by atoms with Crippen molar-refractivity contribution in [2.75, 3.05) is 21.3 Å². The second-order valence-corrected chi connectivity index (χ2v) is 14.6. The first-order valence-electron chi connectivity index (χ1n) is 18.8. The molecule has 17 heteroatoms. The van der Waals surface area contributed by atoms with Crippen LogP contribution in [0.5, 0.6) is 23.0 Å². The number of aromatic nitrogens is 2. The highest BCUT2D eigenvalue weighted by Crippen LogP contribution is 2.32. The average molecular weight is 860 g/mol. The van der Waals surface area contributed by atoms with Gasteiger partial charge in [0.25, 0.3) is 11.8 Å². The third kappa shape index (κ3) is 10.8. The van der Waals surface area contributed by atoms with Gasteiger partial charge in [-0.2, -0.15) is 0 Å². The third-order valence-electron chi connectivity index (χ3n) is 9.46. The maximum atomic E-state index is 12.3. The van der Waals surface area contributed by atoms with Crippen LogP contribution in [0, 0.1) is 0 Å². The summed E-state index contributed by atoms with van der Waals surface area (Å²) < 4.78 is 11.4. The summed E-state index contributed by atoms with van der Waals surface area (Å²) >= 11 is 12.6. The fourth-order valence-electron chi connectivity index (χ4n) is 6.56. The Morgan fingerprint density at radius 1 is 0.525 bits per heavy atom. The van der Waals surface area contributed by atoms with E-state index in [2.05, 4.69) is 37.3 Å². The monoisotopic (exact) mass is 858 g/mol. The number of aryl methyl sites for hydroxylation is 3. The summed E-state index contributed by atoms with van der Waals surface area (Å²) in [5.41, 5.74) is 17.0. The van der Waals surface area contributed by atoms with Crippen molar-refractivity contribution in [3.8, 4) is 23.0 Å². The van der Waals surface area contributed by atoms with E-state index in [1.807, 2.05) is 12.1 Å². The van der Waals surface area contributed by atoms with Crippen molar-refractivity contribution in [1.82, 2.24) is 9.97 Å². The minimum absolute atomic E-state index is 0.0782. The zero-order valence-corrected chi connectivity index (χ0v) is 33.6. The van der Waals surface area contributed by atoms with Crippen molar-refractivity contribution in [3.05, 3.63) is 153 Å². The number of nitrogens with one attached hydrogen (secondary N) is 4. The summed E-state index contributed by atoms with van der Waals surface area (Å²) in [6, 6.07) is 25.9. The first-order chi connectivity index (χ1) is 29.4. The first kappa shape index (κ1) is 41.7. The molecule has 6 aromatic rings. The number of pyridine rings is 2. The molecule has 0 saturated carbocycles. The summed E-state index contributed by atoms with van der Waals surface area (Å²) in [5.74, 6) is 0.416. The number of Topliss-reactive ketones (excluding diaryl/α,β-unsaturated/α-hetero) is 1. The first-order valence-corrected chi connectivity index (χ1v) is 19.5. The molecule has 2 aliphatic rings. The lowest BCUT2D eigenvalue weighted by Gasteiger charge is -2.12. The van der Waals surface area contributed by atoms with Crippen LogP contribution in [0.15, 0.2) is 109 Å². The molecule has 0 saturated heterocycles. The van der Waals surface area contributed by atoms with Crippen LogP contribution in [0.4, 0.5) is 32.3 Å². The summed E-state index contributed by atoms with van der Waals surface area (Å²) in [6.07, 6.45) is 7.30. The Morgan fingerprint density at radius 2 is 1.02 bits per heavy atom. The molecule has 2 aromatic heterocycles. The number of urea groups is 2. The molecule has 0 atom stereocenters. The number of carbonyl (C=O) groups excluding carboxylic acids is 5. The van der Waals surface area contributed by atoms with E-state index < -0.39 is 17.8 Å². The lowest BCUT2D eigenvalue weighted by molar-refractivity contribution is 0.0986. The van der Waals surface area contributed by atoms with E-state index in [4.69, 9.17) is 44.1 Å². The minimum atomic E-state index is -0.663. The fourth-order valence-corrected chi connectivity index (χ4v) is 7.00. The van der Waals surface area contributed by atoms with Crippen LogP contribution >= 0.6 is 23.2 Å². The maximum Gasteiger partial charge on any atom is 0.323 e. The van der Waals surface area contributed by atoms with E-state index in [0.29, 0.717) is 63.5 Å². The Labute approximate surface area is 358 Å². The number of ether oxygens (including phenoxy) is 2. The number of primary amides is 2. The molecule has 0 aliphatic heterocycles. The van der Waals surface area contributed by atoms with Gasteiger partial charge >= 0.3 is 12.1 Å². The van der Waals surface area contributed by atoms with Gasteiger partial charge in [-0.3, -0.25) is 24.4 Å². The third-order valence-corrected chi connectivity index (χ3v) is 10.1. The lowest BCUT2D eigenvalue weighted by Crippen LogP contribution is -2.19. The molecule has 0 radical (unpaired) electrons. The second-order valence-electron chi connectivity index (χ2n) is 13.8. The summed E-state index contributed by atoms with van der Waals surface area (Å²) in [6.45, 7) is 0. The quantitative estimate of drug-likeness (QED) is 0.0770. The molecule has 8 N–H and O–H groups in total. The number of rotatable bonds is 10. The van der Waals surface area contributed by atoms with Crippen molar-refractivity contribution in [1.29, 1.82) is 0 Å². The topological polar surface area (TPSA) is 230 Å². The Morgan fingerprint density at radius 3 is 1.54 bits per heavy atom. The van der Waals surface area contributed by atoms with E-state index >= 15 is 0 Å². The normalized spacial score (nSPS) is 12.2. The molecule has 308 valence electrons. The van der Waals surface area contributed by atoms with E-state index in [1.165, 1.54) is 41.7 Å². The summed E-state index contributed by atoms with van der Waals surface area (Å²) in [4.78, 5) is 66.6. The van der Waals surface area contributed by atoms with Crippen LogP contribution in [0.1, 0.15) is 60.9 Å². The van der Waals surface area contributed by atoms with Gasteiger partial charge in [-0.25, -0.2) is 9.59 Å². The second kappa shape index (κ2) is 18.6. The molecule has 15 nitrogen and oxygen atoms in total. The largest absolute Gasteiger partial charge is 0.457 e. The lowest BCUT2D eigenvalue weighted by atomic mass is 10.1. The van der Waals surface area contributed by atoms with Crippen LogP contribution in [0.3, 0.4) is 0 Å². The summed E-state index contributed by atoms with van der Waals surface area (Å²) in [5, 5.41) is 11.5. The molecular weight excluding hydrogens is 823 g/mol. The minimum Gasteiger partial charge on any atom is -0.457 e. The molecule has 61 heavy (non-hydrogen) atoms. The van der Waals surface area contributed by atoms with Crippen molar-refractivity contribution in [2.45, 2.75) is 32.1 Å². The van der Waals surface area contributed by atoms with Gasteiger partial charge in [0, 0.05) is 60.0 Å². The van der Waals surface area contributed by atoms with Gasteiger partial charge in [0.15, 0.2) is 5.78 Å². The molecule has 2 aliphatic carbocycles. The molecule has 0 spiro atoms. The molecule has 6 amide bonds. The number of benzene rings is 4. The van der Waals surface area contributed by atoms with Gasteiger partial charge in [0.2, 0.25) is 0 Å². The van der Waals surface area contributed by atoms with Gasteiger partial charge < -0.3 is 42.2 Å². The van der Waals surface area contributed by atoms with Crippen molar-refractivity contribution < 1.29 is 33.4 Å². The Bertz CT molecular complexity index is 2710. The number of anilines is 4. The maximum absolute atomic E-state index is 12.3. The van der Waals surface area contributed by atoms with Crippen LogP contribution < -0.4 is 42.2 Å². The van der Waals surface area contributed by atoms with Crippen LogP contribution in [0.2, 0.25) is 10.0 Å². The molecule has 0 fully saturated rings. The van der Waals surface area contributed by atoms with E-state index in [0.717, 1.165) is 30.5 Å². The Balaban J connectivity index is 0.000000184. The highest BCUT2D eigenvalue weighted by molar-refractivity contribution is 6.34. The van der Waals surface area contributed by atoms with E-state index in [1.54, 1.807) is 60.7 Å². The standard InChI is InChI=1S/C22H17ClN4O4.C22H19ClN4O3/c23-17-10-14(31-15-7-8-25-19(11-15)21(24)29)3-5-18(17)27-22(30)26-13-2-4-16-12(9-13)1-6-20(16)28;23-18-11-16(30-17-8-9-25-20(12-17)21(24)28)6-7-19(18)27-22(29)26-15-5-4-13-2-1-3-14(13)10-15/h2-5,7-11H,1,6H2,(H2,24,29)(H2,26,27,30);4-12H,1-3H2,(H2,24,28)(H2,26,27,29). The number of halogens is 2. The molecule has 2 heterocycles. The van der Waals surface area contributed by atoms with E-state index in [9.17, 15) is 24.0 Å². The molecule has 8 rings (SSSR count). The predicted octanol–water partition coefficient (Wildman–Crippen LogP) is 9.16. The SMILES string of the molecule is NC(=O)c1cc(Oc2ccc(NC(=O)Nc3ccc4c(c3)CCC4)c(Cl)c2)ccn1.NC(=O)c1cc(Oc2ccc(NC(=O)Nc3ccc4c(c3)CCC4=O)c(Cl)c2)ccn1. The number of nitrogens with two attached hydrogens (primary N) is 2. The number of amides is 6. The molecular formula is C44H36Cl2N8O7. The number of hydrogen-bond donors (Lipinski definition) is 6. The predicted molar refractivity (Wildman–Crippen MR) is 231 cm³/mol. The Kier molecular flexibility index (Phi) is 12.7. The molecule has 4 aromatic carbocycles. The number of ketones is 1.